The lowest BCUT2D eigenvalue weighted by molar-refractivity contribution is 0.0733. The zero-order valence-corrected chi connectivity index (χ0v) is 11.2. The molecule has 1 aliphatic rings. The molecule has 1 amide bonds. The van der Waals surface area contributed by atoms with Crippen LogP contribution in [0.3, 0.4) is 0 Å². The zero-order valence-electron chi connectivity index (χ0n) is 11.2. The smallest absolute Gasteiger partial charge is 0.289 e. The van der Waals surface area contributed by atoms with Crippen LogP contribution in [0.5, 0.6) is 0 Å². The minimum absolute atomic E-state index is 0.0108. The number of nitrogens with one attached hydrogen (secondary N) is 1. The number of aliphatic hydroxyl groups is 1. The Morgan fingerprint density at radius 3 is 3.10 bits per heavy atom. The minimum Gasteiger partial charge on any atom is -0.459 e. The Morgan fingerprint density at radius 2 is 2.45 bits per heavy atom. The highest BCUT2D eigenvalue weighted by Crippen LogP contribution is 2.22. The number of carbonyl (C=O) groups excluding carboxylic acids is 1. The standard InChI is InChI=1S/C14H17N3O3/c1-9-5-11(16-15-9)6-10-7-17(8-12(10)18)14(19)13-3-2-4-20-13/h2-5,10,12,18H,6-8H2,1H3,(H,15,16)/t10-,12+/m1/s1. The summed E-state index contributed by atoms with van der Waals surface area (Å²) in [4.78, 5) is 13.8. The summed E-state index contributed by atoms with van der Waals surface area (Å²) in [5.74, 6) is 0.153. The van der Waals surface area contributed by atoms with E-state index in [1.807, 2.05) is 13.0 Å². The molecule has 1 fully saturated rings. The molecule has 0 saturated carbocycles. The number of hydrogen-bond donors (Lipinski definition) is 2. The first-order valence-electron chi connectivity index (χ1n) is 6.65. The maximum absolute atomic E-state index is 12.2. The molecule has 2 atom stereocenters. The van der Waals surface area contributed by atoms with Gasteiger partial charge in [0.1, 0.15) is 0 Å². The highest BCUT2D eigenvalue weighted by atomic mass is 16.3. The molecule has 2 aromatic heterocycles. The molecule has 106 valence electrons. The number of hydrogen-bond acceptors (Lipinski definition) is 4. The fourth-order valence-corrected chi connectivity index (χ4v) is 2.62. The second kappa shape index (κ2) is 5.13. The van der Waals surface area contributed by atoms with Gasteiger partial charge in [0.2, 0.25) is 0 Å². The molecule has 1 saturated heterocycles. The summed E-state index contributed by atoms with van der Waals surface area (Å²) < 4.78 is 5.11. The lowest BCUT2D eigenvalue weighted by Gasteiger charge is -2.14. The monoisotopic (exact) mass is 275 g/mol. The van der Waals surface area contributed by atoms with Crippen molar-refractivity contribution in [1.82, 2.24) is 15.1 Å². The van der Waals surface area contributed by atoms with E-state index in [0.717, 1.165) is 11.4 Å². The quantitative estimate of drug-likeness (QED) is 0.875. The van der Waals surface area contributed by atoms with Crippen molar-refractivity contribution in [2.75, 3.05) is 13.1 Å². The summed E-state index contributed by atoms with van der Waals surface area (Å²) in [6, 6.07) is 5.28. The molecule has 0 bridgehead atoms. The Kier molecular flexibility index (Phi) is 3.31. The van der Waals surface area contributed by atoms with Crippen molar-refractivity contribution >= 4 is 5.91 Å². The van der Waals surface area contributed by atoms with Gasteiger partial charge < -0.3 is 14.4 Å². The van der Waals surface area contributed by atoms with Gasteiger partial charge in [-0.3, -0.25) is 9.89 Å². The number of H-pyrrole nitrogens is 1. The van der Waals surface area contributed by atoms with Gasteiger partial charge in [-0.2, -0.15) is 5.10 Å². The number of likely N-dealkylation sites (tertiary alicyclic amines) is 1. The summed E-state index contributed by atoms with van der Waals surface area (Å²) in [6.07, 6.45) is 1.61. The second-order valence-electron chi connectivity index (χ2n) is 5.26. The van der Waals surface area contributed by atoms with Crippen LogP contribution in [0.25, 0.3) is 0 Å². The van der Waals surface area contributed by atoms with Crippen molar-refractivity contribution in [3.05, 3.63) is 41.6 Å². The van der Waals surface area contributed by atoms with E-state index in [4.69, 9.17) is 4.42 Å². The summed E-state index contributed by atoms with van der Waals surface area (Å²) in [7, 11) is 0. The van der Waals surface area contributed by atoms with E-state index >= 15 is 0 Å². The second-order valence-corrected chi connectivity index (χ2v) is 5.26. The van der Waals surface area contributed by atoms with E-state index in [1.54, 1.807) is 17.0 Å². The van der Waals surface area contributed by atoms with Crippen molar-refractivity contribution in [2.24, 2.45) is 5.92 Å². The molecule has 0 spiro atoms. The molecular weight excluding hydrogens is 258 g/mol. The lowest BCUT2D eigenvalue weighted by Crippen LogP contribution is -2.29. The molecular formula is C14H17N3O3. The average molecular weight is 275 g/mol. The van der Waals surface area contributed by atoms with Crippen LogP contribution in [0.1, 0.15) is 21.9 Å². The molecule has 2 aromatic rings. The van der Waals surface area contributed by atoms with Gasteiger partial charge in [0, 0.05) is 24.7 Å². The Balaban J connectivity index is 1.66. The van der Waals surface area contributed by atoms with Crippen LogP contribution in [0, 0.1) is 12.8 Å². The molecule has 3 rings (SSSR count). The Labute approximate surface area is 116 Å². The number of aromatic amines is 1. The normalized spacial score (nSPS) is 22.4. The first-order valence-corrected chi connectivity index (χ1v) is 6.65. The molecule has 0 aromatic carbocycles. The van der Waals surface area contributed by atoms with Gasteiger partial charge >= 0.3 is 0 Å². The number of amides is 1. The van der Waals surface area contributed by atoms with Crippen molar-refractivity contribution < 1.29 is 14.3 Å². The van der Waals surface area contributed by atoms with E-state index in [9.17, 15) is 9.90 Å². The predicted octanol–water partition coefficient (Wildman–Crippen LogP) is 0.987. The number of aliphatic hydroxyl groups excluding tert-OH is 1. The molecule has 0 aliphatic carbocycles. The SMILES string of the molecule is Cc1cc(C[C@@H]2CN(C(=O)c3ccco3)C[C@@H]2O)n[nH]1. The molecule has 6 heteroatoms. The van der Waals surface area contributed by atoms with Crippen LogP contribution in [0.15, 0.2) is 28.9 Å². The number of aromatic nitrogens is 2. The van der Waals surface area contributed by atoms with Crippen molar-refractivity contribution in [3.8, 4) is 0 Å². The number of rotatable bonds is 3. The maximum atomic E-state index is 12.2. The molecule has 0 unspecified atom stereocenters. The summed E-state index contributed by atoms with van der Waals surface area (Å²) in [6.45, 7) is 2.80. The predicted molar refractivity (Wildman–Crippen MR) is 71.1 cm³/mol. The van der Waals surface area contributed by atoms with E-state index in [-0.39, 0.29) is 11.8 Å². The lowest BCUT2D eigenvalue weighted by atomic mass is 10.0. The first-order chi connectivity index (χ1) is 9.63. The summed E-state index contributed by atoms with van der Waals surface area (Å²) in [5.41, 5.74) is 1.91. The number of nitrogens with zero attached hydrogens (tertiary/aromatic N) is 2. The minimum atomic E-state index is -0.522. The topological polar surface area (TPSA) is 82.4 Å². The van der Waals surface area contributed by atoms with Crippen molar-refractivity contribution in [1.29, 1.82) is 0 Å². The highest BCUT2D eigenvalue weighted by Gasteiger charge is 2.35. The Morgan fingerprint density at radius 1 is 1.60 bits per heavy atom. The fourth-order valence-electron chi connectivity index (χ4n) is 2.62. The van der Waals surface area contributed by atoms with Gasteiger partial charge in [0.25, 0.3) is 5.91 Å². The van der Waals surface area contributed by atoms with Crippen LogP contribution in [0.4, 0.5) is 0 Å². The largest absolute Gasteiger partial charge is 0.459 e. The van der Waals surface area contributed by atoms with Crippen LogP contribution in [-0.2, 0) is 6.42 Å². The van der Waals surface area contributed by atoms with Gasteiger partial charge in [-0.05, 0) is 31.5 Å². The first kappa shape index (κ1) is 12.9. The molecule has 1 aliphatic heterocycles. The van der Waals surface area contributed by atoms with Gasteiger partial charge in [0.05, 0.1) is 18.1 Å². The van der Waals surface area contributed by atoms with E-state index < -0.39 is 6.10 Å². The highest BCUT2D eigenvalue weighted by molar-refractivity contribution is 5.91. The third-order valence-electron chi connectivity index (χ3n) is 3.66. The number of aryl methyl sites for hydroxylation is 1. The fraction of sp³-hybridized carbons (Fsp3) is 0.429. The van der Waals surface area contributed by atoms with Gasteiger partial charge in [0.15, 0.2) is 5.76 Å². The Hall–Kier alpha value is -2.08. The summed E-state index contributed by atoms with van der Waals surface area (Å²) in [5, 5.41) is 17.2. The van der Waals surface area contributed by atoms with Crippen LogP contribution in [-0.4, -0.2) is 45.3 Å². The molecule has 6 nitrogen and oxygen atoms in total. The summed E-state index contributed by atoms with van der Waals surface area (Å²) >= 11 is 0. The van der Waals surface area contributed by atoms with Crippen molar-refractivity contribution in [2.45, 2.75) is 19.4 Å². The van der Waals surface area contributed by atoms with Crippen LogP contribution < -0.4 is 0 Å². The molecule has 2 N–H and O–H groups in total. The van der Waals surface area contributed by atoms with E-state index in [2.05, 4.69) is 10.2 Å². The molecule has 0 radical (unpaired) electrons. The van der Waals surface area contributed by atoms with Gasteiger partial charge in [-0.25, -0.2) is 0 Å². The van der Waals surface area contributed by atoms with Crippen LogP contribution in [0.2, 0.25) is 0 Å². The van der Waals surface area contributed by atoms with Gasteiger partial charge in [-0.1, -0.05) is 0 Å². The molecule has 3 heterocycles. The Bertz CT molecular complexity index is 591. The molecule has 20 heavy (non-hydrogen) atoms. The number of furan rings is 1. The van der Waals surface area contributed by atoms with Crippen molar-refractivity contribution in [3.63, 3.8) is 0 Å². The average Bonchev–Trinajstić information content (AvgIpc) is 3.12. The van der Waals surface area contributed by atoms with E-state index in [1.165, 1.54) is 6.26 Å². The van der Waals surface area contributed by atoms with E-state index in [0.29, 0.717) is 25.3 Å². The number of β-amino-alcohol motifs (C(OH)–C–C–N with tert-alkyl or cyclic N) is 1. The van der Waals surface area contributed by atoms with Crippen LogP contribution >= 0.6 is 0 Å². The van der Waals surface area contributed by atoms with Gasteiger partial charge in [-0.15, -0.1) is 0 Å². The third-order valence-corrected chi connectivity index (χ3v) is 3.66. The zero-order chi connectivity index (χ0) is 14.1. The third kappa shape index (κ3) is 2.46. The maximum Gasteiger partial charge on any atom is 0.289 e. The number of carbonyl (C=O) groups is 1.